The molecule has 33 heavy (non-hydrogen) atoms. The molecule has 2 aromatic rings. The van der Waals surface area contributed by atoms with Crippen molar-refractivity contribution < 1.29 is 4.74 Å². The fourth-order valence-electron chi connectivity index (χ4n) is 4.61. The first-order valence-electron chi connectivity index (χ1n) is 12.3. The Bertz CT molecular complexity index is 863. The van der Waals surface area contributed by atoms with Crippen LogP contribution in [0.1, 0.15) is 24.8 Å². The van der Waals surface area contributed by atoms with Gasteiger partial charge in [0.2, 0.25) is 5.95 Å². The number of rotatable bonds is 9. The maximum atomic E-state index is 5.46. The zero-order valence-corrected chi connectivity index (χ0v) is 20.5. The Morgan fingerprint density at radius 1 is 1.00 bits per heavy atom. The number of morpholine rings is 1. The molecular formula is C25H39N7O. The molecule has 2 aliphatic rings. The largest absolute Gasteiger partial charge is 0.378 e. The third-order valence-corrected chi connectivity index (χ3v) is 6.87. The van der Waals surface area contributed by atoms with Crippen LogP contribution in [0.5, 0.6) is 0 Å². The molecule has 0 amide bonds. The molecule has 2 aliphatic heterocycles. The normalized spacial score (nSPS) is 17.8. The summed E-state index contributed by atoms with van der Waals surface area (Å²) in [4.78, 5) is 22.9. The highest BCUT2D eigenvalue weighted by Gasteiger charge is 2.20. The summed E-state index contributed by atoms with van der Waals surface area (Å²) in [7, 11) is 6.19. The molecule has 2 fully saturated rings. The van der Waals surface area contributed by atoms with Gasteiger partial charge >= 0.3 is 0 Å². The lowest BCUT2D eigenvalue weighted by molar-refractivity contribution is 0.122. The number of ether oxygens (including phenoxy) is 1. The van der Waals surface area contributed by atoms with Gasteiger partial charge in [-0.05, 0) is 68.5 Å². The molecule has 180 valence electrons. The van der Waals surface area contributed by atoms with E-state index in [0.29, 0.717) is 0 Å². The van der Waals surface area contributed by atoms with Crippen LogP contribution in [0.4, 0.5) is 17.6 Å². The van der Waals surface area contributed by atoms with Gasteiger partial charge < -0.3 is 24.3 Å². The molecule has 0 atom stereocenters. The molecule has 8 nitrogen and oxygen atoms in total. The van der Waals surface area contributed by atoms with Crippen LogP contribution >= 0.6 is 0 Å². The summed E-state index contributed by atoms with van der Waals surface area (Å²) in [6.07, 6.45) is 8.81. The number of piperidine rings is 1. The second-order valence-corrected chi connectivity index (χ2v) is 9.48. The number of nitrogens with zero attached hydrogens (tertiary/aromatic N) is 7. The number of hydrogen-bond donors (Lipinski definition) is 0. The summed E-state index contributed by atoms with van der Waals surface area (Å²) in [5.41, 5.74) is 1.40. The van der Waals surface area contributed by atoms with Gasteiger partial charge in [-0.3, -0.25) is 0 Å². The van der Waals surface area contributed by atoms with E-state index in [1.807, 2.05) is 32.6 Å². The van der Waals surface area contributed by atoms with Crippen molar-refractivity contribution in [1.82, 2.24) is 19.9 Å². The predicted octanol–water partition coefficient (Wildman–Crippen LogP) is 2.56. The van der Waals surface area contributed by atoms with Crippen molar-refractivity contribution in [3.05, 3.63) is 36.2 Å². The molecular weight excluding hydrogens is 414 g/mol. The Morgan fingerprint density at radius 2 is 1.76 bits per heavy atom. The summed E-state index contributed by atoms with van der Waals surface area (Å²) < 4.78 is 5.46. The first kappa shape index (κ1) is 23.7. The van der Waals surface area contributed by atoms with Crippen molar-refractivity contribution in [1.29, 1.82) is 0 Å². The molecule has 0 bridgehead atoms. The number of likely N-dealkylation sites (N-methyl/N-ethyl adjacent to an activating group) is 1. The summed E-state index contributed by atoms with van der Waals surface area (Å²) in [6.45, 7) is 7.71. The van der Waals surface area contributed by atoms with Gasteiger partial charge in [0.1, 0.15) is 11.6 Å². The molecule has 4 heterocycles. The van der Waals surface area contributed by atoms with E-state index in [-0.39, 0.29) is 0 Å². The molecule has 0 aromatic carbocycles. The van der Waals surface area contributed by atoms with E-state index >= 15 is 0 Å². The molecule has 2 aromatic heterocycles. The molecule has 2 saturated heterocycles. The summed E-state index contributed by atoms with van der Waals surface area (Å²) >= 11 is 0. The van der Waals surface area contributed by atoms with Gasteiger partial charge in [0.05, 0.1) is 13.2 Å². The van der Waals surface area contributed by atoms with Gasteiger partial charge in [0.25, 0.3) is 0 Å². The SMILES string of the molecule is CN(C)c1cc(CCC2CCN(CCN(C)c3nccc(N4CCOCC4)n3)CC2)ccn1. The third kappa shape index (κ3) is 6.77. The fraction of sp³-hybridized carbons (Fsp3) is 0.640. The second kappa shape index (κ2) is 11.6. The maximum Gasteiger partial charge on any atom is 0.227 e. The average molecular weight is 454 g/mol. The first-order valence-corrected chi connectivity index (χ1v) is 12.3. The topological polar surface area (TPSA) is 60.9 Å². The van der Waals surface area contributed by atoms with Gasteiger partial charge in [-0.1, -0.05) is 0 Å². The van der Waals surface area contributed by atoms with Gasteiger partial charge in [0, 0.05) is 59.7 Å². The molecule has 0 spiro atoms. The minimum absolute atomic E-state index is 0.769. The van der Waals surface area contributed by atoms with Gasteiger partial charge in [0.15, 0.2) is 0 Å². The van der Waals surface area contributed by atoms with Crippen LogP contribution in [0.25, 0.3) is 0 Å². The molecule has 4 rings (SSSR count). The standard InChI is InChI=1S/C25H39N7O/c1-29(2)24-20-22(6-10-26-24)5-4-21-8-12-31(13-9-21)15-14-30(3)25-27-11-7-23(28-25)32-16-18-33-19-17-32/h6-7,10-11,20-21H,4-5,8-9,12-19H2,1-3H3. The Kier molecular flexibility index (Phi) is 8.34. The lowest BCUT2D eigenvalue weighted by atomic mass is 9.90. The number of pyridine rings is 1. The van der Waals surface area contributed by atoms with Crippen LogP contribution in [0.15, 0.2) is 30.6 Å². The fourth-order valence-corrected chi connectivity index (χ4v) is 4.61. The van der Waals surface area contributed by atoms with Crippen molar-refractivity contribution in [2.45, 2.75) is 25.7 Å². The first-order chi connectivity index (χ1) is 16.1. The molecule has 0 unspecified atom stereocenters. The maximum absolute atomic E-state index is 5.46. The van der Waals surface area contributed by atoms with Gasteiger partial charge in [-0.15, -0.1) is 0 Å². The number of anilines is 3. The van der Waals surface area contributed by atoms with Gasteiger partial charge in [-0.25, -0.2) is 9.97 Å². The number of aromatic nitrogens is 3. The summed E-state index contributed by atoms with van der Waals surface area (Å²) in [5, 5.41) is 0. The highest BCUT2D eigenvalue weighted by molar-refractivity contribution is 5.43. The third-order valence-electron chi connectivity index (χ3n) is 6.87. The highest BCUT2D eigenvalue weighted by Crippen LogP contribution is 2.23. The van der Waals surface area contributed by atoms with Crippen molar-refractivity contribution >= 4 is 17.6 Å². The summed E-state index contributed by atoms with van der Waals surface area (Å²) in [5.74, 6) is 3.68. The number of hydrogen-bond acceptors (Lipinski definition) is 8. The monoisotopic (exact) mass is 453 g/mol. The highest BCUT2D eigenvalue weighted by atomic mass is 16.5. The molecule has 0 saturated carbocycles. The van der Waals surface area contributed by atoms with Crippen LogP contribution < -0.4 is 14.7 Å². The van der Waals surface area contributed by atoms with Crippen LogP contribution in [-0.2, 0) is 11.2 Å². The van der Waals surface area contributed by atoms with E-state index in [1.54, 1.807) is 0 Å². The molecule has 8 heteroatoms. The van der Waals surface area contributed by atoms with Crippen molar-refractivity contribution in [2.24, 2.45) is 5.92 Å². The average Bonchev–Trinajstić information content (AvgIpc) is 2.87. The Morgan fingerprint density at radius 3 is 2.52 bits per heavy atom. The molecule has 0 radical (unpaired) electrons. The van der Waals surface area contributed by atoms with Crippen LogP contribution in [0.3, 0.4) is 0 Å². The van der Waals surface area contributed by atoms with Crippen LogP contribution in [0, 0.1) is 5.92 Å². The Hall–Kier alpha value is -2.45. The lowest BCUT2D eigenvalue weighted by Crippen LogP contribution is -2.39. The minimum atomic E-state index is 0.769. The smallest absolute Gasteiger partial charge is 0.227 e. The van der Waals surface area contributed by atoms with Crippen molar-refractivity contribution in [3.63, 3.8) is 0 Å². The van der Waals surface area contributed by atoms with Crippen molar-refractivity contribution in [2.75, 3.05) is 88.3 Å². The Balaban J connectivity index is 1.18. The van der Waals surface area contributed by atoms with Gasteiger partial charge in [-0.2, -0.15) is 4.98 Å². The van der Waals surface area contributed by atoms with Crippen LogP contribution in [0.2, 0.25) is 0 Å². The molecule has 0 N–H and O–H groups in total. The minimum Gasteiger partial charge on any atom is -0.378 e. The number of aryl methyl sites for hydroxylation is 1. The second-order valence-electron chi connectivity index (χ2n) is 9.48. The van der Waals surface area contributed by atoms with E-state index in [1.165, 1.54) is 37.9 Å². The quantitative estimate of drug-likeness (QED) is 0.574. The van der Waals surface area contributed by atoms with Crippen molar-refractivity contribution in [3.8, 4) is 0 Å². The van der Waals surface area contributed by atoms with Crippen LogP contribution in [-0.4, -0.2) is 93.5 Å². The summed E-state index contributed by atoms with van der Waals surface area (Å²) in [6, 6.07) is 6.38. The zero-order chi connectivity index (χ0) is 23.0. The number of likely N-dealkylation sites (tertiary alicyclic amines) is 1. The Labute approximate surface area is 198 Å². The van der Waals surface area contributed by atoms with E-state index < -0.39 is 0 Å². The van der Waals surface area contributed by atoms with E-state index in [9.17, 15) is 0 Å². The van der Waals surface area contributed by atoms with E-state index in [0.717, 1.165) is 69.3 Å². The predicted molar refractivity (Wildman–Crippen MR) is 134 cm³/mol. The zero-order valence-electron chi connectivity index (χ0n) is 20.5. The van der Waals surface area contributed by atoms with E-state index in [4.69, 9.17) is 9.72 Å². The molecule has 0 aliphatic carbocycles. The lowest BCUT2D eigenvalue weighted by Gasteiger charge is -2.33. The van der Waals surface area contributed by atoms with E-state index in [2.05, 4.69) is 48.7 Å².